The molecule has 94 valence electrons. The molecule has 8 heteroatoms. The van der Waals surface area contributed by atoms with Gasteiger partial charge in [0.15, 0.2) is 0 Å². The van der Waals surface area contributed by atoms with Crippen LogP contribution in [0, 0.1) is 20.2 Å². The molecule has 0 aliphatic heterocycles. The third-order valence-electron chi connectivity index (χ3n) is 1.83. The summed E-state index contributed by atoms with van der Waals surface area (Å²) in [7, 11) is 0. The Morgan fingerprint density at radius 1 is 1.28 bits per heavy atom. The maximum Gasteiger partial charge on any atom is 0.290 e. The van der Waals surface area contributed by atoms with Crippen LogP contribution in [0.5, 0.6) is 0 Å². The number of aliphatic imine (C=N–C) groups is 1. The van der Waals surface area contributed by atoms with Gasteiger partial charge in [-0.2, -0.15) is 0 Å². The number of hydrogen-bond acceptors (Lipinski definition) is 5. The molecule has 0 aliphatic carbocycles. The van der Waals surface area contributed by atoms with Crippen molar-refractivity contribution in [1.29, 1.82) is 0 Å². The topological polar surface area (TPSA) is 98.6 Å². The van der Waals surface area contributed by atoms with Crippen LogP contribution < -0.4 is 0 Å². The highest BCUT2D eigenvalue weighted by Crippen LogP contribution is 2.16. The fourth-order valence-electron chi connectivity index (χ4n) is 1.01. The lowest BCUT2D eigenvalue weighted by atomic mass is 10.3. The minimum Gasteiger partial charge on any atom is -0.264 e. The van der Waals surface area contributed by atoms with Crippen molar-refractivity contribution in [1.82, 2.24) is 0 Å². The lowest BCUT2D eigenvalue weighted by molar-refractivity contribution is -0.471. The highest BCUT2D eigenvalue weighted by Gasteiger charge is 2.08. The minimum atomic E-state index is -0.733. The summed E-state index contributed by atoms with van der Waals surface area (Å²) in [5, 5.41) is 21.2. The van der Waals surface area contributed by atoms with Crippen molar-refractivity contribution in [3.8, 4) is 0 Å². The van der Waals surface area contributed by atoms with Gasteiger partial charge in [-0.15, -0.1) is 0 Å². The van der Waals surface area contributed by atoms with E-state index in [2.05, 4.69) is 4.99 Å². The third-order valence-corrected chi connectivity index (χ3v) is 2.08. The fourth-order valence-corrected chi connectivity index (χ4v) is 1.14. The first-order valence-corrected chi connectivity index (χ1v) is 5.13. The van der Waals surface area contributed by atoms with Crippen molar-refractivity contribution >= 4 is 23.5 Å². The number of benzene rings is 1. The average molecular weight is 270 g/mol. The highest BCUT2D eigenvalue weighted by molar-refractivity contribution is 6.30. The van der Waals surface area contributed by atoms with E-state index in [4.69, 9.17) is 11.6 Å². The van der Waals surface area contributed by atoms with Crippen molar-refractivity contribution in [3.05, 3.63) is 61.3 Å². The van der Waals surface area contributed by atoms with E-state index in [1.165, 1.54) is 0 Å². The summed E-state index contributed by atoms with van der Waals surface area (Å²) in [5.74, 6) is 0. The Kier molecular flexibility index (Phi) is 4.94. The second-order valence-electron chi connectivity index (χ2n) is 3.14. The Morgan fingerprint density at radius 2 is 1.89 bits per heavy atom. The van der Waals surface area contributed by atoms with Crippen molar-refractivity contribution in [2.45, 2.75) is 0 Å². The molecule has 0 heterocycles. The van der Waals surface area contributed by atoms with E-state index in [0.717, 1.165) is 12.3 Å². The molecule has 0 saturated heterocycles. The zero-order chi connectivity index (χ0) is 13.5. The van der Waals surface area contributed by atoms with Gasteiger partial charge < -0.3 is 0 Å². The second kappa shape index (κ2) is 6.45. The molecule has 1 aromatic rings. The average Bonchev–Trinajstić information content (AvgIpc) is 2.30. The van der Waals surface area contributed by atoms with Crippen molar-refractivity contribution in [2.75, 3.05) is 6.54 Å². The lowest BCUT2D eigenvalue weighted by Crippen LogP contribution is -2.04. The molecule has 1 aromatic carbocycles. The maximum absolute atomic E-state index is 10.6. The zero-order valence-corrected chi connectivity index (χ0v) is 9.78. The number of nitro groups is 2. The molecule has 0 atom stereocenters. The number of nitrogens with zero attached hydrogens (tertiary/aromatic N) is 3. The normalized spacial score (nSPS) is 11.7. The first kappa shape index (κ1) is 13.8. The van der Waals surface area contributed by atoms with Crippen molar-refractivity contribution in [3.63, 3.8) is 0 Å². The first-order chi connectivity index (χ1) is 8.49. The standard InChI is InChI=1S/C10H8ClN3O4/c11-8-1-3-9(4-2-8)12-7-10(14(17)18)5-6-13(15)16/h1-5,7H,6H2. The van der Waals surface area contributed by atoms with E-state index >= 15 is 0 Å². The molecule has 0 aromatic heterocycles. The summed E-state index contributed by atoms with van der Waals surface area (Å²) in [6.45, 7) is -0.622. The monoisotopic (exact) mass is 269 g/mol. The summed E-state index contributed by atoms with van der Waals surface area (Å²) >= 11 is 5.66. The SMILES string of the molecule is O=[N+]([O-])CC=C(C=Nc1ccc(Cl)cc1)[N+](=O)[O-]. The Bertz CT molecular complexity index is 510. The van der Waals surface area contributed by atoms with E-state index in [0.29, 0.717) is 10.7 Å². The quantitative estimate of drug-likeness (QED) is 0.466. The van der Waals surface area contributed by atoms with Gasteiger partial charge in [-0.05, 0) is 24.3 Å². The van der Waals surface area contributed by atoms with Gasteiger partial charge in [0.25, 0.3) is 5.70 Å². The van der Waals surface area contributed by atoms with E-state index in [9.17, 15) is 20.2 Å². The second-order valence-corrected chi connectivity index (χ2v) is 3.57. The molecule has 0 spiro atoms. The predicted octanol–water partition coefficient (Wildman–Crippen LogP) is 2.48. The Hall–Kier alpha value is -2.28. The zero-order valence-electron chi connectivity index (χ0n) is 9.02. The van der Waals surface area contributed by atoms with Crippen LogP contribution in [0.1, 0.15) is 0 Å². The van der Waals surface area contributed by atoms with Gasteiger partial charge in [0.2, 0.25) is 6.54 Å². The summed E-state index contributed by atoms with van der Waals surface area (Å²) < 4.78 is 0. The first-order valence-electron chi connectivity index (χ1n) is 4.75. The Balaban J connectivity index is 2.83. The molecule has 0 saturated carbocycles. The smallest absolute Gasteiger partial charge is 0.264 e. The van der Waals surface area contributed by atoms with Gasteiger partial charge in [0, 0.05) is 9.95 Å². The maximum atomic E-state index is 10.6. The van der Waals surface area contributed by atoms with Gasteiger partial charge in [0.05, 0.1) is 16.7 Å². The van der Waals surface area contributed by atoms with Crippen LogP contribution in [0.25, 0.3) is 0 Å². The molecule has 0 amide bonds. The number of allylic oxidation sites excluding steroid dienone is 1. The molecule has 1 rings (SSSR count). The summed E-state index contributed by atoms with van der Waals surface area (Å²) in [6.07, 6.45) is 1.85. The summed E-state index contributed by atoms with van der Waals surface area (Å²) in [4.78, 5) is 23.1. The van der Waals surface area contributed by atoms with Gasteiger partial charge >= 0.3 is 0 Å². The number of hydrogen-bond donors (Lipinski definition) is 0. The molecule has 0 radical (unpaired) electrons. The van der Waals surface area contributed by atoms with Crippen LogP contribution in [-0.4, -0.2) is 22.6 Å². The van der Waals surface area contributed by atoms with Gasteiger partial charge in [-0.1, -0.05) is 11.6 Å². The number of rotatable bonds is 5. The fraction of sp³-hybridized carbons (Fsp3) is 0.100. The van der Waals surface area contributed by atoms with E-state index in [1.807, 2.05) is 0 Å². The van der Waals surface area contributed by atoms with Crippen LogP contribution in [0.3, 0.4) is 0 Å². The van der Waals surface area contributed by atoms with Crippen LogP contribution in [-0.2, 0) is 0 Å². The molecule has 7 nitrogen and oxygen atoms in total. The predicted molar refractivity (Wildman–Crippen MR) is 66.5 cm³/mol. The van der Waals surface area contributed by atoms with Crippen molar-refractivity contribution < 1.29 is 9.85 Å². The molecule has 0 bridgehead atoms. The molecular formula is C10H8ClN3O4. The van der Waals surface area contributed by atoms with Crippen LogP contribution >= 0.6 is 11.6 Å². The number of halogens is 1. The molecule has 0 unspecified atom stereocenters. The van der Waals surface area contributed by atoms with Gasteiger partial charge in [0.1, 0.15) is 6.21 Å². The molecule has 18 heavy (non-hydrogen) atoms. The lowest BCUT2D eigenvalue weighted by Gasteiger charge is -1.93. The van der Waals surface area contributed by atoms with E-state index in [1.54, 1.807) is 24.3 Å². The molecule has 0 aliphatic rings. The van der Waals surface area contributed by atoms with Crippen LogP contribution in [0.2, 0.25) is 5.02 Å². The summed E-state index contributed by atoms with van der Waals surface area (Å²) in [6, 6.07) is 6.31. The van der Waals surface area contributed by atoms with Crippen LogP contribution in [0.4, 0.5) is 5.69 Å². The third kappa shape index (κ3) is 4.71. The summed E-state index contributed by atoms with van der Waals surface area (Å²) in [5.41, 5.74) is 0.0369. The van der Waals surface area contributed by atoms with Crippen molar-refractivity contribution in [2.24, 2.45) is 4.99 Å². The highest BCUT2D eigenvalue weighted by atomic mass is 35.5. The molecule has 0 fully saturated rings. The van der Waals surface area contributed by atoms with E-state index in [-0.39, 0.29) is 0 Å². The Morgan fingerprint density at radius 3 is 2.39 bits per heavy atom. The molecule has 0 N–H and O–H groups in total. The minimum absolute atomic E-state index is 0.429. The molecular weight excluding hydrogens is 262 g/mol. The van der Waals surface area contributed by atoms with E-state index < -0.39 is 22.1 Å². The van der Waals surface area contributed by atoms with Crippen LogP contribution in [0.15, 0.2) is 41.0 Å². The Labute approximate surface area is 107 Å². The van der Waals surface area contributed by atoms with Gasteiger partial charge in [-0.3, -0.25) is 20.2 Å². The van der Waals surface area contributed by atoms with Gasteiger partial charge in [-0.25, -0.2) is 4.99 Å². The largest absolute Gasteiger partial charge is 0.290 e.